The van der Waals surface area contributed by atoms with Gasteiger partial charge in [-0.15, -0.1) is 0 Å². The van der Waals surface area contributed by atoms with Crippen LogP contribution < -0.4 is 25.0 Å². The first-order valence-corrected chi connectivity index (χ1v) is 21.3. The summed E-state index contributed by atoms with van der Waals surface area (Å²) in [7, 11) is 1.29. The number of amides is 3. The number of rotatable bonds is 17. The molecule has 3 aliphatic rings. The van der Waals surface area contributed by atoms with Gasteiger partial charge in [0.2, 0.25) is 11.8 Å². The van der Waals surface area contributed by atoms with Gasteiger partial charge < -0.3 is 24.4 Å². The number of piperazine rings is 1. The number of unbranched alkanes of at least 4 members (excludes halogenated alkanes) is 2. The number of ketones is 1. The van der Waals surface area contributed by atoms with Crippen LogP contribution >= 0.6 is 11.6 Å². The highest BCUT2D eigenvalue weighted by molar-refractivity contribution is 6.31. The first-order valence-electron chi connectivity index (χ1n) is 20.9. The van der Waals surface area contributed by atoms with Gasteiger partial charge in [0.05, 0.1) is 36.3 Å². The van der Waals surface area contributed by atoms with Crippen LogP contribution in [-0.2, 0) is 25.5 Å². The summed E-state index contributed by atoms with van der Waals surface area (Å²) in [6, 6.07) is 15.7. The van der Waals surface area contributed by atoms with Crippen LogP contribution in [0, 0.1) is 28.1 Å². The Morgan fingerprint density at radius 2 is 1.70 bits per heavy atom. The third-order valence-corrected chi connectivity index (χ3v) is 12.6. The number of ether oxygens (including phenoxy) is 3. The average Bonchev–Trinajstić information content (AvgIpc) is 3.24. The molecule has 3 heterocycles. The van der Waals surface area contributed by atoms with Gasteiger partial charge in [0, 0.05) is 79.6 Å². The zero-order valence-corrected chi connectivity index (χ0v) is 36.3. The number of anilines is 1. The molecule has 1 aromatic heterocycles. The van der Waals surface area contributed by atoms with Crippen LogP contribution in [0.15, 0.2) is 54.7 Å². The number of aromatic nitrogens is 1. The van der Waals surface area contributed by atoms with E-state index in [-0.39, 0.29) is 59.8 Å². The summed E-state index contributed by atoms with van der Waals surface area (Å²) in [5.74, 6) is -0.344. The summed E-state index contributed by atoms with van der Waals surface area (Å²) in [5.41, 5.74) is 0.952. The number of imide groups is 1. The molecule has 1 unspecified atom stereocenters. The van der Waals surface area contributed by atoms with E-state index in [1.165, 1.54) is 7.11 Å². The van der Waals surface area contributed by atoms with Gasteiger partial charge in [-0.3, -0.25) is 34.2 Å². The largest absolute Gasteiger partial charge is 0.494 e. The maximum Gasteiger partial charge on any atom is 0.310 e. The summed E-state index contributed by atoms with van der Waals surface area (Å²) >= 11 is 6.24. The molecule has 14 nitrogen and oxygen atoms in total. The van der Waals surface area contributed by atoms with Gasteiger partial charge in [0.1, 0.15) is 29.5 Å². The maximum absolute atomic E-state index is 13.4. The number of nitriles is 1. The fourth-order valence-corrected chi connectivity index (χ4v) is 9.31. The second kappa shape index (κ2) is 19.5. The van der Waals surface area contributed by atoms with Crippen molar-refractivity contribution in [2.75, 3.05) is 51.3 Å². The Morgan fingerprint density at radius 1 is 0.967 bits per heavy atom. The van der Waals surface area contributed by atoms with Gasteiger partial charge in [0.25, 0.3) is 5.91 Å². The minimum Gasteiger partial charge on any atom is -0.494 e. The van der Waals surface area contributed by atoms with E-state index in [1.54, 1.807) is 42.6 Å². The third kappa shape index (κ3) is 10.7. The van der Waals surface area contributed by atoms with Gasteiger partial charge in [-0.25, -0.2) is 4.98 Å². The molecule has 0 spiro atoms. The van der Waals surface area contributed by atoms with E-state index in [1.807, 2.05) is 12.1 Å². The highest BCUT2D eigenvalue weighted by Gasteiger charge is 2.64. The number of esters is 1. The fraction of sp³-hybridized carbons (Fsp3) is 0.500. The highest BCUT2D eigenvalue weighted by Crippen LogP contribution is 2.55. The molecular weight excluding hydrogens is 800 g/mol. The number of pyridine rings is 1. The molecule has 1 saturated carbocycles. The number of carbonyl (C=O) groups is 5. The van der Waals surface area contributed by atoms with E-state index in [0.29, 0.717) is 51.8 Å². The number of nitrogens with one attached hydrogen (secondary N) is 2. The van der Waals surface area contributed by atoms with Gasteiger partial charge in [-0.1, -0.05) is 39.3 Å². The molecule has 3 fully saturated rings. The number of nitrogens with zero attached hydrogens (tertiary/aromatic N) is 4. The number of benzene rings is 2. The van der Waals surface area contributed by atoms with Crippen molar-refractivity contribution < 1.29 is 38.2 Å². The molecular formula is C46H55ClN6O8. The second-order valence-corrected chi connectivity index (χ2v) is 17.7. The van der Waals surface area contributed by atoms with Crippen LogP contribution in [0.5, 0.6) is 11.5 Å². The number of hydrogen-bond donors (Lipinski definition) is 2. The van der Waals surface area contributed by atoms with Crippen molar-refractivity contribution in [1.29, 1.82) is 5.26 Å². The summed E-state index contributed by atoms with van der Waals surface area (Å²) in [4.78, 5) is 71.8. The lowest BCUT2D eigenvalue weighted by atomic mass is 9.49. The predicted molar refractivity (Wildman–Crippen MR) is 229 cm³/mol. The maximum atomic E-state index is 13.4. The molecule has 2 aromatic carbocycles. The molecule has 2 saturated heterocycles. The number of Topliss-reactive ketones (excluding diaryl/α,β-unsaturated/α-hetero) is 1. The SMILES string of the molecule is COC(=O)Cc1cc(OCCCCCN2CCN(c3ccc(C(=O)NC4C(C)(C)C(Oc5ccc(C#N)c(Cl)c5)C4(C)C)cn3)CC2)ccc1C(=O)CC1CCC(=O)NC1=O. The van der Waals surface area contributed by atoms with Crippen molar-refractivity contribution in [2.24, 2.45) is 16.7 Å². The molecule has 3 aromatic rings. The molecule has 1 aliphatic carbocycles. The normalized spacial score (nSPS) is 20.7. The molecule has 15 heteroatoms. The van der Waals surface area contributed by atoms with Crippen molar-refractivity contribution in [1.82, 2.24) is 20.5 Å². The lowest BCUT2D eigenvalue weighted by Crippen LogP contribution is -2.74. The summed E-state index contributed by atoms with van der Waals surface area (Å²) in [6.45, 7) is 13.2. The van der Waals surface area contributed by atoms with Crippen LogP contribution in [-0.4, -0.2) is 97.9 Å². The minimum atomic E-state index is -0.590. The number of halogens is 1. The highest BCUT2D eigenvalue weighted by atomic mass is 35.5. The van der Waals surface area contributed by atoms with Crippen molar-refractivity contribution >= 4 is 46.9 Å². The Hall–Kier alpha value is -5.52. The van der Waals surface area contributed by atoms with Crippen molar-refractivity contribution in [2.45, 2.75) is 84.8 Å². The zero-order chi connectivity index (χ0) is 43.9. The quantitative estimate of drug-likeness (QED) is 0.0709. The third-order valence-electron chi connectivity index (χ3n) is 12.2. The van der Waals surface area contributed by atoms with Crippen molar-refractivity contribution in [3.8, 4) is 17.6 Å². The molecule has 324 valence electrons. The number of methoxy groups -OCH3 is 1. The number of hydrogen-bond acceptors (Lipinski definition) is 12. The van der Waals surface area contributed by atoms with E-state index in [2.05, 4.69) is 59.2 Å². The first kappa shape index (κ1) is 45.0. The topological polar surface area (TPSA) is 180 Å². The molecule has 3 amide bonds. The molecule has 2 N–H and O–H groups in total. The lowest BCUT2D eigenvalue weighted by molar-refractivity contribution is -0.164. The van der Waals surface area contributed by atoms with E-state index < -0.39 is 17.8 Å². The summed E-state index contributed by atoms with van der Waals surface area (Å²) in [5, 5.41) is 15.1. The fourth-order valence-electron chi connectivity index (χ4n) is 9.10. The van der Waals surface area contributed by atoms with Crippen molar-refractivity contribution in [3.63, 3.8) is 0 Å². The minimum absolute atomic E-state index is 0.0506. The van der Waals surface area contributed by atoms with Gasteiger partial charge in [-0.2, -0.15) is 5.26 Å². The van der Waals surface area contributed by atoms with Crippen LogP contribution in [0.1, 0.15) is 98.1 Å². The predicted octanol–water partition coefficient (Wildman–Crippen LogP) is 5.93. The van der Waals surface area contributed by atoms with Crippen molar-refractivity contribution in [3.05, 3.63) is 82.0 Å². The van der Waals surface area contributed by atoms with Crippen LogP contribution in [0.25, 0.3) is 0 Å². The second-order valence-electron chi connectivity index (χ2n) is 17.3. The van der Waals surface area contributed by atoms with Gasteiger partial charge in [0.15, 0.2) is 5.78 Å². The standard InChI is InChI=1S/C46H55ClN6O8/c1-45(2)43(46(3,4)44(45)61-34-12-9-30(27-48)36(47)26-34)51-42(58)31-10-15-38(49-28-31)53-20-18-52(19-21-53)17-7-6-8-22-60-33-13-14-35(32(23-33)25-40(56)59-5)37(54)24-29-11-16-39(55)50-41(29)57/h9-10,12-15,23,26,28-29,43-44H,6-8,11,16-22,24-25H2,1-5H3,(H,51,58)(H,50,55,57). The Bertz CT molecular complexity index is 2150. The van der Waals surface area contributed by atoms with E-state index in [0.717, 1.165) is 57.8 Å². The molecule has 61 heavy (non-hydrogen) atoms. The Morgan fingerprint density at radius 3 is 2.36 bits per heavy atom. The molecule has 2 aliphatic heterocycles. The van der Waals surface area contributed by atoms with E-state index in [9.17, 15) is 29.2 Å². The monoisotopic (exact) mass is 854 g/mol. The van der Waals surface area contributed by atoms with Crippen LogP contribution in [0.4, 0.5) is 5.82 Å². The molecule has 6 rings (SSSR count). The number of piperidine rings is 1. The summed E-state index contributed by atoms with van der Waals surface area (Å²) < 4.78 is 17.2. The number of carbonyl (C=O) groups excluding carboxylic acids is 5. The Labute approximate surface area is 362 Å². The Balaban J connectivity index is 0.902. The van der Waals surface area contributed by atoms with Gasteiger partial charge >= 0.3 is 5.97 Å². The average molecular weight is 855 g/mol. The molecule has 0 radical (unpaired) electrons. The van der Waals surface area contributed by atoms with Gasteiger partial charge in [-0.05, 0) is 80.3 Å². The zero-order valence-electron chi connectivity index (χ0n) is 35.6. The first-order chi connectivity index (χ1) is 29.1. The summed E-state index contributed by atoms with van der Waals surface area (Å²) in [6.07, 6.45) is 4.61. The van der Waals surface area contributed by atoms with Crippen LogP contribution in [0.2, 0.25) is 5.02 Å². The van der Waals surface area contributed by atoms with E-state index in [4.69, 9.17) is 25.8 Å². The van der Waals surface area contributed by atoms with Crippen LogP contribution in [0.3, 0.4) is 0 Å². The van der Waals surface area contributed by atoms with E-state index >= 15 is 0 Å². The molecule has 0 bridgehead atoms. The smallest absolute Gasteiger partial charge is 0.310 e. The molecule has 1 atom stereocenters. The lowest BCUT2D eigenvalue weighted by Gasteiger charge is -2.63. The Kier molecular flexibility index (Phi) is 14.4.